The highest BCUT2D eigenvalue weighted by Gasteiger charge is 2.27. The number of benzene rings is 4. The zero-order valence-electron chi connectivity index (χ0n) is 34.5. The van der Waals surface area contributed by atoms with E-state index in [4.69, 9.17) is 0 Å². The van der Waals surface area contributed by atoms with Gasteiger partial charge in [-0.1, -0.05) is 132 Å². The molecule has 0 unspecified atom stereocenters. The average Bonchev–Trinajstić information content (AvgIpc) is 3.47. The second kappa shape index (κ2) is 13.8. The third-order valence-electron chi connectivity index (χ3n) is 11.2. The maximum absolute atomic E-state index is 12.1. The van der Waals surface area contributed by atoms with Crippen LogP contribution in [0.2, 0.25) is 0 Å². The normalized spacial score (nSPS) is 14.2. The van der Waals surface area contributed by atoms with Crippen LogP contribution in [0.5, 0.6) is 23.0 Å². The molecule has 4 aromatic carbocycles. The molecule has 1 aromatic heterocycles. The number of aromatic hydroxyl groups is 4. The van der Waals surface area contributed by atoms with Crippen LogP contribution in [0, 0.1) is 0 Å². The van der Waals surface area contributed by atoms with E-state index in [0.29, 0.717) is 32.1 Å². The van der Waals surface area contributed by atoms with Crippen LogP contribution in [-0.2, 0) is 53.8 Å². The van der Waals surface area contributed by atoms with Crippen molar-refractivity contribution in [3.8, 4) is 23.0 Å². The number of hydrogen-bond donors (Lipinski definition) is 4. The van der Waals surface area contributed by atoms with Crippen LogP contribution >= 0.6 is 11.3 Å². The minimum absolute atomic E-state index is 0.173. The van der Waals surface area contributed by atoms with E-state index in [1.54, 1.807) is 11.3 Å². The zero-order chi connectivity index (χ0) is 39.7. The number of rotatable bonds is 0. The van der Waals surface area contributed by atoms with Gasteiger partial charge in [-0.15, -0.1) is 11.3 Å². The van der Waals surface area contributed by atoms with Gasteiger partial charge in [0, 0.05) is 37.0 Å². The molecule has 286 valence electrons. The summed E-state index contributed by atoms with van der Waals surface area (Å²) < 4.78 is 0. The van der Waals surface area contributed by atoms with Gasteiger partial charge < -0.3 is 20.4 Å². The number of phenolic OH excluding ortho intramolecular Hbond substituents is 4. The largest absolute Gasteiger partial charge is 0.507 e. The first-order chi connectivity index (χ1) is 24.9. The fourth-order valence-electron chi connectivity index (χ4n) is 7.52. The molecular formula is C49H60O4S. The summed E-state index contributed by atoms with van der Waals surface area (Å²) in [5.41, 5.74) is 11.0. The molecular weight excluding hydrogens is 685 g/mol. The lowest BCUT2D eigenvalue weighted by Crippen LogP contribution is -2.15. The molecule has 6 rings (SSSR count). The molecule has 0 amide bonds. The summed E-state index contributed by atoms with van der Waals surface area (Å²) in [5, 5.41) is 50.4. The van der Waals surface area contributed by atoms with Gasteiger partial charge in [-0.05, 0) is 105 Å². The van der Waals surface area contributed by atoms with Gasteiger partial charge >= 0.3 is 0 Å². The van der Waals surface area contributed by atoms with Crippen LogP contribution in [0.15, 0.2) is 60.0 Å². The smallest absolute Gasteiger partial charge is 0.122 e. The van der Waals surface area contributed by atoms with E-state index < -0.39 is 0 Å². The molecule has 0 fully saturated rings. The Hall–Kier alpha value is -4.22. The summed E-state index contributed by atoms with van der Waals surface area (Å²) in [6.45, 7) is 26.2. The van der Waals surface area contributed by atoms with E-state index in [0.717, 1.165) is 77.2 Å². The van der Waals surface area contributed by atoms with Gasteiger partial charge in [-0.2, -0.15) is 0 Å². The second-order valence-electron chi connectivity index (χ2n) is 19.8. The zero-order valence-corrected chi connectivity index (χ0v) is 35.3. The van der Waals surface area contributed by atoms with Crippen molar-refractivity contribution in [2.24, 2.45) is 0 Å². The Kier molecular flexibility index (Phi) is 10.1. The molecule has 0 radical (unpaired) electrons. The fraction of sp³-hybridized carbons (Fsp3) is 0.429. The highest BCUT2D eigenvalue weighted by Crippen LogP contribution is 2.43. The maximum atomic E-state index is 12.1. The van der Waals surface area contributed by atoms with Crippen molar-refractivity contribution in [1.82, 2.24) is 0 Å². The lowest BCUT2D eigenvalue weighted by atomic mass is 9.80. The highest BCUT2D eigenvalue weighted by atomic mass is 32.1. The number of fused-ring (bicyclic) bond motifs is 9. The molecule has 1 heterocycles. The molecule has 8 bridgehead atoms. The molecule has 5 aromatic rings. The molecule has 4 nitrogen and oxygen atoms in total. The fourth-order valence-corrected chi connectivity index (χ4v) is 8.45. The van der Waals surface area contributed by atoms with Crippen LogP contribution in [0.4, 0.5) is 0 Å². The second-order valence-corrected chi connectivity index (χ2v) is 20.8. The molecule has 54 heavy (non-hydrogen) atoms. The van der Waals surface area contributed by atoms with Crippen molar-refractivity contribution < 1.29 is 20.4 Å². The van der Waals surface area contributed by atoms with Crippen LogP contribution in [0.1, 0.15) is 160 Å². The van der Waals surface area contributed by atoms with Crippen molar-refractivity contribution >= 4 is 11.3 Å². The third kappa shape index (κ3) is 8.08. The van der Waals surface area contributed by atoms with Crippen molar-refractivity contribution in [3.63, 3.8) is 0 Å². The van der Waals surface area contributed by atoms with Gasteiger partial charge in [0.15, 0.2) is 0 Å². The Morgan fingerprint density at radius 1 is 0.352 bits per heavy atom. The predicted octanol–water partition coefficient (Wildman–Crippen LogP) is 12.0. The van der Waals surface area contributed by atoms with Crippen LogP contribution < -0.4 is 0 Å². The van der Waals surface area contributed by atoms with E-state index in [2.05, 4.69) is 143 Å². The van der Waals surface area contributed by atoms with E-state index in [1.165, 1.54) is 0 Å². The van der Waals surface area contributed by atoms with Crippen molar-refractivity contribution in [2.75, 3.05) is 0 Å². The van der Waals surface area contributed by atoms with Crippen LogP contribution in [0.25, 0.3) is 0 Å². The number of hydrogen-bond acceptors (Lipinski definition) is 5. The average molecular weight is 745 g/mol. The lowest BCUT2D eigenvalue weighted by Gasteiger charge is -2.26. The molecule has 0 saturated carbocycles. The molecule has 0 saturated heterocycles. The SMILES string of the molecule is CC(C)(C)c1cc2c(O)c(c1)Cc1cc(C(C)(C)C)cc(c1O)Cc1cc(C(C)(C)C)cc(c1O)Cc1cc(C(C)(C)C)cc(c1O)Cc1sccc1C2. The standard InChI is InChI=1S/C49H60O4S/c1-46(2,3)37-19-29-15-28-13-14-54-41(28)27-36-26-40(49(10,11)12)25-35(45(36)53)18-34-24-39(48(7,8)9)23-33(44(34)52)17-32-22-38(47(4,5)6)21-31(43(32)51)16-30(20-37)42(29)50/h13-14,19-26,50-53H,15-18,27H2,1-12H3. The van der Waals surface area contributed by atoms with Gasteiger partial charge in [-0.25, -0.2) is 0 Å². The number of phenols is 4. The third-order valence-corrected chi connectivity index (χ3v) is 12.2. The first kappa shape index (κ1) is 39.5. The maximum Gasteiger partial charge on any atom is 0.122 e. The van der Waals surface area contributed by atoms with Gasteiger partial charge in [0.05, 0.1) is 0 Å². The molecule has 4 N–H and O–H groups in total. The first-order valence-corrected chi connectivity index (χ1v) is 20.2. The van der Waals surface area contributed by atoms with Crippen molar-refractivity contribution in [1.29, 1.82) is 0 Å². The Morgan fingerprint density at radius 2 is 0.574 bits per heavy atom. The predicted molar refractivity (Wildman–Crippen MR) is 226 cm³/mol. The summed E-state index contributed by atoms with van der Waals surface area (Å²) in [4.78, 5) is 1.14. The van der Waals surface area contributed by atoms with E-state index in [9.17, 15) is 20.4 Å². The van der Waals surface area contributed by atoms with Gasteiger partial charge in [0.1, 0.15) is 23.0 Å². The Bertz CT molecular complexity index is 2070. The molecule has 1 aliphatic rings. The quantitative estimate of drug-likeness (QED) is 0.125. The van der Waals surface area contributed by atoms with E-state index in [1.807, 2.05) is 0 Å². The van der Waals surface area contributed by atoms with Gasteiger partial charge in [0.2, 0.25) is 0 Å². The van der Waals surface area contributed by atoms with Gasteiger partial charge in [-0.3, -0.25) is 0 Å². The summed E-state index contributed by atoms with van der Waals surface area (Å²) in [6, 6.07) is 18.9. The number of thiophene rings is 1. The monoisotopic (exact) mass is 744 g/mol. The van der Waals surface area contributed by atoms with E-state index >= 15 is 0 Å². The molecule has 5 heteroatoms. The van der Waals surface area contributed by atoms with Crippen LogP contribution in [-0.4, -0.2) is 20.4 Å². The summed E-state index contributed by atoms with van der Waals surface area (Å²) in [6.07, 6.45) is 2.14. The Morgan fingerprint density at radius 3 is 0.815 bits per heavy atom. The van der Waals surface area contributed by atoms with E-state index in [-0.39, 0.29) is 44.7 Å². The van der Waals surface area contributed by atoms with Crippen molar-refractivity contribution in [3.05, 3.63) is 137 Å². The van der Waals surface area contributed by atoms with Gasteiger partial charge in [0.25, 0.3) is 0 Å². The topological polar surface area (TPSA) is 80.9 Å². The van der Waals surface area contributed by atoms with Crippen LogP contribution in [0.3, 0.4) is 0 Å². The summed E-state index contributed by atoms with van der Waals surface area (Å²) in [5.74, 6) is 0.874. The molecule has 0 spiro atoms. The minimum Gasteiger partial charge on any atom is -0.507 e. The molecule has 0 aliphatic heterocycles. The first-order valence-electron chi connectivity index (χ1n) is 19.4. The lowest BCUT2D eigenvalue weighted by molar-refractivity contribution is 0.451. The molecule has 1 aliphatic carbocycles. The highest BCUT2D eigenvalue weighted by molar-refractivity contribution is 7.10. The molecule has 0 atom stereocenters. The Labute approximate surface area is 327 Å². The Balaban J connectivity index is 1.68. The van der Waals surface area contributed by atoms with Crippen molar-refractivity contribution in [2.45, 2.75) is 137 Å². The minimum atomic E-state index is -0.212. The summed E-state index contributed by atoms with van der Waals surface area (Å²) in [7, 11) is 0. The summed E-state index contributed by atoms with van der Waals surface area (Å²) >= 11 is 1.67.